The van der Waals surface area contributed by atoms with Crippen LogP contribution in [0.5, 0.6) is 0 Å². The fraction of sp³-hybridized carbons (Fsp3) is 0.462. The summed E-state index contributed by atoms with van der Waals surface area (Å²) in [6, 6.07) is 4.41. The van der Waals surface area contributed by atoms with Crippen molar-refractivity contribution in [3.8, 4) is 0 Å². The fourth-order valence-corrected chi connectivity index (χ4v) is 3.70. The van der Waals surface area contributed by atoms with Gasteiger partial charge < -0.3 is 5.32 Å². The zero-order valence-corrected chi connectivity index (χ0v) is 13.2. The first-order valence-corrected chi connectivity index (χ1v) is 8.26. The normalized spacial score (nSPS) is 18.6. The lowest BCUT2D eigenvalue weighted by molar-refractivity contribution is -0.385. The molecule has 1 aliphatic heterocycles. The number of nitro groups is 1. The Kier molecular flexibility index (Phi) is 5.42. The molecule has 1 aromatic rings. The summed E-state index contributed by atoms with van der Waals surface area (Å²) in [5.74, 6) is 0.886. The van der Waals surface area contributed by atoms with Crippen LogP contribution in [0.25, 0.3) is 0 Å². The van der Waals surface area contributed by atoms with E-state index in [0.29, 0.717) is 21.8 Å². The summed E-state index contributed by atoms with van der Waals surface area (Å²) in [5.41, 5.74) is 0.227. The molecule has 0 saturated carbocycles. The van der Waals surface area contributed by atoms with Crippen LogP contribution in [-0.2, 0) is 0 Å². The van der Waals surface area contributed by atoms with Crippen LogP contribution in [-0.4, -0.2) is 28.4 Å². The van der Waals surface area contributed by atoms with Crippen molar-refractivity contribution >= 4 is 39.3 Å². The van der Waals surface area contributed by atoms with Gasteiger partial charge in [-0.25, -0.2) is 0 Å². The van der Waals surface area contributed by atoms with Crippen molar-refractivity contribution in [1.29, 1.82) is 0 Å². The molecule has 1 amide bonds. The third-order valence-electron chi connectivity index (χ3n) is 3.17. The van der Waals surface area contributed by atoms with Crippen LogP contribution in [0.4, 0.5) is 5.69 Å². The summed E-state index contributed by atoms with van der Waals surface area (Å²) >= 11 is 4.99. The average Bonchev–Trinajstić information content (AvgIpc) is 2.46. The molecule has 108 valence electrons. The smallest absolute Gasteiger partial charge is 0.284 e. The van der Waals surface area contributed by atoms with Crippen LogP contribution in [0, 0.1) is 10.1 Å². The molecule has 0 spiro atoms. The molecule has 1 aliphatic rings. The molecule has 1 atom stereocenters. The zero-order valence-electron chi connectivity index (χ0n) is 10.8. The summed E-state index contributed by atoms with van der Waals surface area (Å²) in [6.45, 7) is 0.618. The van der Waals surface area contributed by atoms with Gasteiger partial charge in [0.25, 0.3) is 11.6 Å². The molecule has 1 saturated heterocycles. The summed E-state index contributed by atoms with van der Waals surface area (Å²) < 4.78 is 0.377. The molecule has 1 unspecified atom stereocenters. The minimum absolute atomic E-state index is 0.0929. The topological polar surface area (TPSA) is 72.2 Å². The number of carbonyl (C=O) groups is 1. The van der Waals surface area contributed by atoms with Crippen LogP contribution in [0.3, 0.4) is 0 Å². The first-order valence-electron chi connectivity index (χ1n) is 6.41. The molecule has 7 heteroatoms. The maximum atomic E-state index is 12.0. The molecule has 0 aromatic heterocycles. The Morgan fingerprint density at radius 2 is 2.30 bits per heavy atom. The molecule has 1 heterocycles. The van der Waals surface area contributed by atoms with Gasteiger partial charge in [0.1, 0.15) is 0 Å². The van der Waals surface area contributed by atoms with Gasteiger partial charge in [0.05, 0.1) is 9.40 Å². The molecule has 2 rings (SSSR count). The van der Waals surface area contributed by atoms with Crippen LogP contribution < -0.4 is 5.32 Å². The van der Waals surface area contributed by atoms with E-state index in [1.165, 1.54) is 25.0 Å². The number of amides is 1. The lowest BCUT2D eigenvalue weighted by atomic mass is 10.1. The quantitative estimate of drug-likeness (QED) is 0.661. The number of nitro benzene ring substituents is 1. The van der Waals surface area contributed by atoms with Crippen molar-refractivity contribution in [2.75, 3.05) is 12.3 Å². The largest absolute Gasteiger partial charge is 0.351 e. The lowest BCUT2D eigenvalue weighted by Gasteiger charge is -2.21. The lowest BCUT2D eigenvalue weighted by Crippen LogP contribution is -2.31. The predicted molar refractivity (Wildman–Crippen MR) is 83.2 cm³/mol. The highest BCUT2D eigenvalue weighted by Gasteiger charge is 2.18. The maximum absolute atomic E-state index is 12.0. The molecule has 20 heavy (non-hydrogen) atoms. The van der Waals surface area contributed by atoms with Crippen molar-refractivity contribution < 1.29 is 9.72 Å². The molecule has 0 bridgehead atoms. The van der Waals surface area contributed by atoms with Crippen LogP contribution in [0.15, 0.2) is 22.7 Å². The summed E-state index contributed by atoms with van der Waals surface area (Å²) in [7, 11) is 0. The Morgan fingerprint density at radius 3 is 2.95 bits per heavy atom. The van der Waals surface area contributed by atoms with Gasteiger partial charge in [0.15, 0.2) is 0 Å². The van der Waals surface area contributed by atoms with Crippen molar-refractivity contribution in [1.82, 2.24) is 5.32 Å². The van der Waals surface area contributed by atoms with E-state index in [1.54, 1.807) is 6.07 Å². The number of carbonyl (C=O) groups excluding carboxylic acids is 1. The van der Waals surface area contributed by atoms with E-state index in [2.05, 4.69) is 21.2 Å². The van der Waals surface area contributed by atoms with E-state index in [-0.39, 0.29) is 11.6 Å². The minimum atomic E-state index is -0.502. The van der Waals surface area contributed by atoms with Gasteiger partial charge in [-0.2, -0.15) is 11.8 Å². The Labute approximate surface area is 129 Å². The van der Waals surface area contributed by atoms with Crippen LogP contribution in [0.1, 0.15) is 29.6 Å². The van der Waals surface area contributed by atoms with Crippen molar-refractivity contribution in [2.24, 2.45) is 0 Å². The number of benzene rings is 1. The number of hydrogen-bond acceptors (Lipinski definition) is 4. The first kappa shape index (κ1) is 15.3. The van der Waals surface area contributed by atoms with E-state index >= 15 is 0 Å². The number of nitrogens with zero attached hydrogens (tertiary/aromatic N) is 1. The van der Waals surface area contributed by atoms with E-state index in [0.717, 1.165) is 12.2 Å². The molecular formula is C13H15BrN2O3S. The SMILES string of the molecule is O=C(NCC1CCCCS1)c1ccc(Br)c([N+](=O)[O-])c1. The van der Waals surface area contributed by atoms with Crippen molar-refractivity contribution in [3.05, 3.63) is 38.3 Å². The number of nitrogens with one attached hydrogen (secondary N) is 1. The third kappa shape index (κ3) is 3.96. The second-order valence-corrected chi connectivity index (χ2v) is 6.88. The van der Waals surface area contributed by atoms with E-state index < -0.39 is 4.92 Å². The number of thioether (sulfide) groups is 1. The Morgan fingerprint density at radius 1 is 1.50 bits per heavy atom. The van der Waals surface area contributed by atoms with E-state index in [1.807, 2.05) is 11.8 Å². The van der Waals surface area contributed by atoms with E-state index in [4.69, 9.17) is 0 Å². The molecule has 1 aromatic carbocycles. The van der Waals surface area contributed by atoms with Gasteiger partial charge >= 0.3 is 0 Å². The van der Waals surface area contributed by atoms with Crippen LogP contribution in [0.2, 0.25) is 0 Å². The highest BCUT2D eigenvalue weighted by molar-refractivity contribution is 9.10. The number of halogens is 1. The summed E-state index contributed by atoms with van der Waals surface area (Å²) in [4.78, 5) is 22.4. The second-order valence-electron chi connectivity index (χ2n) is 4.62. The molecule has 0 radical (unpaired) electrons. The number of rotatable bonds is 4. The van der Waals surface area contributed by atoms with Gasteiger partial charge in [-0.05, 0) is 46.7 Å². The maximum Gasteiger partial charge on any atom is 0.284 e. The Bertz CT molecular complexity index is 518. The molecule has 0 aliphatic carbocycles. The molecular weight excluding hydrogens is 344 g/mol. The van der Waals surface area contributed by atoms with Gasteiger partial charge in [-0.3, -0.25) is 14.9 Å². The van der Waals surface area contributed by atoms with Crippen LogP contribution >= 0.6 is 27.7 Å². The molecule has 5 nitrogen and oxygen atoms in total. The van der Waals surface area contributed by atoms with Crippen molar-refractivity contribution in [3.63, 3.8) is 0 Å². The highest BCUT2D eigenvalue weighted by Crippen LogP contribution is 2.26. The third-order valence-corrected chi connectivity index (χ3v) is 5.24. The zero-order chi connectivity index (χ0) is 14.5. The Hall–Kier alpha value is -1.08. The monoisotopic (exact) mass is 358 g/mol. The summed E-state index contributed by atoms with van der Waals surface area (Å²) in [6.07, 6.45) is 3.57. The fourth-order valence-electron chi connectivity index (χ4n) is 2.07. The van der Waals surface area contributed by atoms with Gasteiger partial charge in [0, 0.05) is 23.4 Å². The Balaban J connectivity index is 1.98. The van der Waals surface area contributed by atoms with Gasteiger partial charge in [-0.15, -0.1) is 0 Å². The van der Waals surface area contributed by atoms with E-state index in [9.17, 15) is 14.9 Å². The summed E-state index contributed by atoms with van der Waals surface area (Å²) in [5, 5.41) is 14.2. The van der Waals surface area contributed by atoms with Crippen molar-refractivity contribution in [2.45, 2.75) is 24.5 Å². The number of hydrogen-bond donors (Lipinski definition) is 1. The minimum Gasteiger partial charge on any atom is -0.351 e. The second kappa shape index (κ2) is 7.08. The predicted octanol–water partition coefficient (Wildman–Crippen LogP) is 3.37. The molecule has 1 fully saturated rings. The highest BCUT2D eigenvalue weighted by atomic mass is 79.9. The average molecular weight is 359 g/mol. The van der Waals surface area contributed by atoms with Gasteiger partial charge in [-0.1, -0.05) is 6.42 Å². The van der Waals surface area contributed by atoms with Gasteiger partial charge in [0.2, 0.25) is 0 Å². The first-order chi connectivity index (χ1) is 9.58. The standard InChI is InChI=1S/C13H15BrN2O3S/c14-11-5-4-9(7-12(11)16(18)19)13(17)15-8-10-3-1-2-6-20-10/h4-5,7,10H,1-3,6,8H2,(H,15,17). The molecule has 1 N–H and O–H groups in total.